The molecular weight excluding hydrogens is 380 g/mol. The van der Waals surface area contributed by atoms with Gasteiger partial charge in [0.1, 0.15) is 0 Å². The van der Waals surface area contributed by atoms with Gasteiger partial charge in [-0.1, -0.05) is 23.3 Å². The molecule has 0 fully saturated rings. The molecule has 0 saturated heterocycles. The number of amides is 1. The number of sulfonamides is 1. The lowest BCUT2D eigenvalue weighted by Crippen LogP contribution is -2.30. The maximum atomic E-state index is 12.4. The van der Waals surface area contributed by atoms with Gasteiger partial charge in [-0.25, -0.2) is 17.5 Å². The highest BCUT2D eigenvalue weighted by Crippen LogP contribution is 2.18. The number of anilines is 1. The number of carbonyl (C=O) groups excluding carboxylic acids is 2. The molecular formula is C20H24N2O5S. The van der Waals surface area contributed by atoms with E-state index in [-0.39, 0.29) is 4.90 Å². The van der Waals surface area contributed by atoms with Gasteiger partial charge >= 0.3 is 5.97 Å². The molecule has 0 aliphatic carbocycles. The zero-order valence-corrected chi connectivity index (χ0v) is 17.3. The van der Waals surface area contributed by atoms with E-state index in [4.69, 9.17) is 4.74 Å². The van der Waals surface area contributed by atoms with Crippen LogP contribution in [0.5, 0.6) is 0 Å². The van der Waals surface area contributed by atoms with Gasteiger partial charge in [-0.3, -0.25) is 4.79 Å². The molecule has 0 saturated carbocycles. The predicted octanol–water partition coefficient (Wildman–Crippen LogP) is 2.74. The van der Waals surface area contributed by atoms with Gasteiger partial charge in [-0.2, -0.15) is 0 Å². The number of benzene rings is 2. The maximum absolute atomic E-state index is 12.4. The van der Waals surface area contributed by atoms with E-state index in [1.165, 1.54) is 39.2 Å². The first-order chi connectivity index (χ1) is 13.0. The van der Waals surface area contributed by atoms with Gasteiger partial charge in [0.15, 0.2) is 6.10 Å². The van der Waals surface area contributed by atoms with Crippen LogP contribution in [0.2, 0.25) is 0 Å². The Morgan fingerprint density at radius 1 is 1.04 bits per heavy atom. The molecule has 2 aromatic carbocycles. The van der Waals surface area contributed by atoms with Crippen LogP contribution in [0, 0.1) is 13.8 Å². The van der Waals surface area contributed by atoms with Crippen LogP contribution < -0.4 is 5.32 Å². The molecule has 0 unspecified atom stereocenters. The summed E-state index contributed by atoms with van der Waals surface area (Å²) in [7, 11) is -0.771. The van der Waals surface area contributed by atoms with Crippen molar-refractivity contribution >= 4 is 27.6 Å². The van der Waals surface area contributed by atoms with Gasteiger partial charge in [0.25, 0.3) is 5.91 Å². The van der Waals surface area contributed by atoms with Crippen molar-refractivity contribution in [3.63, 3.8) is 0 Å². The third-order valence-electron chi connectivity index (χ3n) is 3.99. The van der Waals surface area contributed by atoms with Crippen LogP contribution in [0.1, 0.15) is 28.4 Å². The third-order valence-corrected chi connectivity index (χ3v) is 5.80. The van der Waals surface area contributed by atoms with E-state index < -0.39 is 28.0 Å². The second-order valence-electron chi connectivity index (χ2n) is 6.73. The summed E-state index contributed by atoms with van der Waals surface area (Å²) in [5.41, 5.74) is 2.50. The SMILES string of the molecule is Cc1cc(C)cc(C(=O)O[C@H](C)C(=O)Nc2cccc(S(=O)(=O)N(C)C)c2)c1. The Hall–Kier alpha value is -2.71. The molecule has 28 heavy (non-hydrogen) atoms. The topological polar surface area (TPSA) is 92.8 Å². The predicted molar refractivity (Wildman–Crippen MR) is 107 cm³/mol. The molecule has 1 amide bonds. The zero-order valence-electron chi connectivity index (χ0n) is 16.5. The van der Waals surface area contributed by atoms with Gasteiger partial charge in [-0.05, 0) is 51.1 Å². The van der Waals surface area contributed by atoms with E-state index >= 15 is 0 Å². The molecule has 1 atom stereocenters. The molecule has 8 heteroatoms. The number of nitrogens with one attached hydrogen (secondary N) is 1. The van der Waals surface area contributed by atoms with Gasteiger partial charge in [0, 0.05) is 19.8 Å². The van der Waals surface area contributed by atoms with Crippen molar-refractivity contribution < 1.29 is 22.7 Å². The molecule has 2 aromatic rings. The minimum Gasteiger partial charge on any atom is -0.449 e. The van der Waals surface area contributed by atoms with E-state index in [1.807, 2.05) is 19.9 Å². The van der Waals surface area contributed by atoms with Crippen molar-refractivity contribution in [3.05, 3.63) is 59.2 Å². The fraction of sp³-hybridized carbons (Fsp3) is 0.300. The largest absolute Gasteiger partial charge is 0.449 e. The van der Waals surface area contributed by atoms with Gasteiger partial charge in [0.2, 0.25) is 10.0 Å². The van der Waals surface area contributed by atoms with Gasteiger partial charge in [-0.15, -0.1) is 0 Å². The average molecular weight is 404 g/mol. The summed E-state index contributed by atoms with van der Waals surface area (Å²) in [6.45, 7) is 5.19. The van der Waals surface area contributed by atoms with E-state index in [9.17, 15) is 18.0 Å². The normalized spacial score (nSPS) is 12.5. The minimum absolute atomic E-state index is 0.0511. The molecule has 0 aliphatic rings. The Balaban J connectivity index is 2.09. The molecule has 1 N–H and O–H groups in total. The number of ether oxygens (including phenoxy) is 1. The molecule has 0 radical (unpaired) electrons. The van der Waals surface area contributed by atoms with Crippen molar-refractivity contribution in [2.45, 2.75) is 31.8 Å². The standard InChI is InChI=1S/C20H24N2O5S/c1-13-9-14(2)11-16(10-13)20(24)27-15(3)19(23)21-17-7-6-8-18(12-17)28(25,26)22(4)5/h6-12,15H,1-5H3,(H,21,23)/t15-/m1/s1. The van der Waals surface area contributed by atoms with E-state index in [0.29, 0.717) is 11.3 Å². The Kier molecular flexibility index (Phi) is 6.58. The van der Waals surface area contributed by atoms with Crippen LogP contribution in [-0.2, 0) is 19.6 Å². The molecule has 2 rings (SSSR count). The number of aryl methyl sites for hydroxylation is 2. The fourth-order valence-corrected chi connectivity index (χ4v) is 3.51. The Morgan fingerprint density at radius 2 is 1.64 bits per heavy atom. The molecule has 7 nitrogen and oxygen atoms in total. The highest BCUT2D eigenvalue weighted by atomic mass is 32.2. The highest BCUT2D eigenvalue weighted by Gasteiger charge is 2.21. The summed E-state index contributed by atoms with van der Waals surface area (Å²) >= 11 is 0. The summed E-state index contributed by atoms with van der Waals surface area (Å²) in [5.74, 6) is -1.16. The number of rotatable bonds is 6. The average Bonchev–Trinajstić information content (AvgIpc) is 2.60. The van der Waals surface area contributed by atoms with Crippen molar-refractivity contribution in [2.75, 3.05) is 19.4 Å². The molecule has 150 valence electrons. The Labute approximate surface area is 165 Å². The highest BCUT2D eigenvalue weighted by molar-refractivity contribution is 7.89. The second-order valence-corrected chi connectivity index (χ2v) is 8.88. The van der Waals surface area contributed by atoms with Crippen LogP contribution in [0.15, 0.2) is 47.4 Å². The quantitative estimate of drug-likeness (QED) is 0.748. The van der Waals surface area contributed by atoms with Crippen LogP contribution in [-0.4, -0.2) is 44.8 Å². The van der Waals surface area contributed by atoms with E-state index in [2.05, 4.69) is 5.32 Å². The third kappa shape index (κ3) is 5.17. The first-order valence-corrected chi connectivity index (χ1v) is 10.1. The summed E-state index contributed by atoms with van der Waals surface area (Å²) in [5, 5.41) is 2.57. The number of esters is 1. The Bertz CT molecular complexity index is 979. The fourth-order valence-electron chi connectivity index (χ4n) is 2.56. The van der Waals surface area contributed by atoms with Crippen molar-refractivity contribution in [3.8, 4) is 0 Å². The van der Waals surface area contributed by atoms with E-state index in [0.717, 1.165) is 15.4 Å². The second kappa shape index (κ2) is 8.53. The molecule has 0 spiro atoms. The van der Waals surface area contributed by atoms with Crippen LogP contribution >= 0.6 is 0 Å². The minimum atomic E-state index is -3.62. The smallest absolute Gasteiger partial charge is 0.338 e. The van der Waals surface area contributed by atoms with Crippen LogP contribution in [0.4, 0.5) is 5.69 Å². The molecule has 0 aromatic heterocycles. The number of nitrogens with zero attached hydrogens (tertiary/aromatic N) is 1. The van der Waals surface area contributed by atoms with Crippen molar-refractivity contribution in [1.29, 1.82) is 0 Å². The Morgan fingerprint density at radius 3 is 2.21 bits per heavy atom. The van der Waals surface area contributed by atoms with Crippen LogP contribution in [0.3, 0.4) is 0 Å². The van der Waals surface area contributed by atoms with Gasteiger partial charge < -0.3 is 10.1 Å². The number of hydrogen-bond donors (Lipinski definition) is 1. The lowest BCUT2D eigenvalue weighted by molar-refractivity contribution is -0.123. The first-order valence-electron chi connectivity index (χ1n) is 8.63. The number of carbonyl (C=O) groups is 2. The summed E-state index contributed by atoms with van der Waals surface area (Å²) in [4.78, 5) is 24.7. The van der Waals surface area contributed by atoms with Crippen molar-refractivity contribution in [2.24, 2.45) is 0 Å². The summed E-state index contributed by atoms with van der Waals surface area (Å²) < 4.78 is 30.7. The first kappa shape index (κ1) is 21.6. The maximum Gasteiger partial charge on any atom is 0.338 e. The zero-order chi connectivity index (χ0) is 21.1. The summed E-state index contributed by atoms with van der Waals surface area (Å²) in [6.07, 6.45) is -1.05. The van der Waals surface area contributed by atoms with Crippen molar-refractivity contribution in [1.82, 2.24) is 4.31 Å². The lowest BCUT2D eigenvalue weighted by atomic mass is 10.1. The van der Waals surface area contributed by atoms with Gasteiger partial charge in [0.05, 0.1) is 10.5 Å². The summed E-state index contributed by atoms with van der Waals surface area (Å²) in [6, 6.07) is 11.2. The van der Waals surface area contributed by atoms with Crippen LogP contribution in [0.25, 0.3) is 0 Å². The molecule has 0 heterocycles. The monoisotopic (exact) mass is 404 g/mol. The molecule has 0 aliphatic heterocycles. The molecule has 0 bridgehead atoms. The van der Waals surface area contributed by atoms with E-state index in [1.54, 1.807) is 18.2 Å². The number of hydrogen-bond acceptors (Lipinski definition) is 5. The lowest BCUT2D eigenvalue weighted by Gasteiger charge is -2.15.